The predicted octanol–water partition coefficient (Wildman–Crippen LogP) is 2.79. The molecule has 4 aromatic heterocycles. The molecule has 1 unspecified atom stereocenters. The molecule has 1 fully saturated rings. The van der Waals surface area contributed by atoms with Crippen molar-refractivity contribution < 1.29 is 0 Å². The molecule has 140 valence electrons. The first-order valence-corrected chi connectivity index (χ1v) is 10.2. The highest BCUT2D eigenvalue weighted by atomic mass is 32.1. The molecular formula is C18H17N9S. The number of nitrogens with zero attached hydrogens (tertiary/aromatic N) is 8. The summed E-state index contributed by atoms with van der Waals surface area (Å²) in [6, 6.07) is 0. The summed E-state index contributed by atoms with van der Waals surface area (Å²) >= 11 is 1.56. The number of hydrogen-bond donors (Lipinski definition) is 1. The van der Waals surface area contributed by atoms with Gasteiger partial charge in [0.15, 0.2) is 17.5 Å². The highest BCUT2D eigenvalue weighted by Crippen LogP contribution is 2.48. The van der Waals surface area contributed by atoms with E-state index in [4.69, 9.17) is 4.98 Å². The molecule has 4 aromatic rings. The van der Waals surface area contributed by atoms with Gasteiger partial charge >= 0.3 is 0 Å². The zero-order chi connectivity index (χ0) is 18.7. The summed E-state index contributed by atoms with van der Waals surface area (Å²) in [7, 11) is 0. The number of rotatable bonds is 3. The molecule has 6 rings (SSSR count). The quantitative estimate of drug-likeness (QED) is 0.573. The van der Waals surface area contributed by atoms with Crippen LogP contribution in [0.1, 0.15) is 32.0 Å². The van der Waals surface area contributed by atoms with Crippen LogP contribution >= 0.6 is 11.3 Å². The lowest BCUT2D eigenvalue weighted by Gasteiger charge is -2.42. The standard InChI is InChI=1S/C18H17N9S/c1-2-18-4-3-6-27(18)15-12(26-10-22-25-17(18)26)9-20-14(23-15)11-8-21-24-13(11)16-19-5-7-28-16/h5,7-10H,2-4,6H2,1H3,(H,21,24). The van der Waals surface area contributed by atoms with Crippen LogP contribution in [-0.4, -0.2) is 46.5 Å². The molecule has 10 heteroatoms. The second kappa shape index (κ2) is 5.68. The Balaban J connectivity index is 1.55. The average Bonchev–Trinajstić information content (AvgIpc) is 3.53. The normalized spacial score (nSPS) is 20.1. The number of thiazole rings is 1. The molecule has 9 nitrogen and oxygen atoms in total. The average molecular weight is 391 g/mol. The van der Waals surface area contributed by atoms with Gasteiger partial charge in [-0.3, -0.25) is 9.67 Å². The van der Waals surface area contributed by atoms with Gasteiger partial charge in [-0.05, 0) is 19.3 Å². The molecular weight excluding hydrogens is 374 g/mol. The third kappa shape index (κ3) is 1.95. The van der Waals surface area contributed by atoms with Gasteiger partial charge in [-0.15, -0.1) is 21.5 Å². The molecule has 0 saturated carbocycles. The highest BCUT2D eigenvalue weighted by Gasteiger charge is 2.49. The largest absolute Gasteiger partial charge is 0.342 e. The number of anilines is 1. The van der Waals surface area contributed by atoms with Crippen molar-refractivity contribution in [2.24, 2.45) is 0 Å². The van der Waals surface area contributed by atoms with Gasteiger partial charge in [0.25, 0.3) is 0 Å². The maximum absolute atomic E-state index is 5.00. The van der Waals surface area contributed by atoms with Gasteiger partial charge in [0.05, 0.1) is 18.0 Å². The Kier molecular flexibility index (Phi) is 3.22. The van der Waals surface area contributed by atoms with Crippen molar-refractivity contribution in [2.45, 2.75) is 31.7 Å². The number of aromatic amines is 1. The van der Waals surface area contributed by atoms with Crippen LogP contribution in [0.4, 0.5) is 5.82 Å². The zero-order valence-corrected chi connectivity index (χ0v) is 16.0. The van der Waals surface area contributed by atoms with Crippen LogP contribution in [0.2, 0.25) is 0 Å². The number of fused-ring (bicyclic) bond motifs is 6. The first-order valence-electron chi connectivity index (χ1n) is 9.31. The van der Waals surface area contributed by atoms with Gasteiger partial charge in [0.2, 0.25) is 0 Å². The number of aromatic nitrogens is 8. The first kappa shape index (κ1) is 15.9. The first-order chi connectivity index (χ1) is 13.8. The van der Waals surface area contributed by atoms with E-state index in [0.29, 0.717) is 5.82 Å². The van der Waals surface area contributed by atoms with Crippen molar-refractivity contribution in [3.63, 3.8) is 0 Å². The molecule has 6 heterocycles. The molecule has 2 aliphatic rings. The Hall–Kier alpha value is -3.14. The lowest BCUT2D eigenvalue weighted by molar-refractivity contribution is 0.382. The van der Waals surface area contributed by atoms with E-state index in [2.05, 4.69) is 42.2 Å². The summed E-state index contributed by atoms with van der Waals surface area (Å²) in [4.78, 5) is 16.4. The molecule has 1 saturated heterocycles. The Bertz CT molecular complexity index is 1160. The Morgan fingerprint density at radius 3 is 3.11 bits per heavy atom. The third-order valence-corrected chi connectivity index (χ3v) is 6.62. The topological polar surface area (TPSA) is 101 Å². The minimum Gasteiger partial charge on any atom is -0.342 e. The van der Waals surface area contributed by atoms with Gasteiger partial charge in [-0.2, -0.15) is 5.10 Å². The molecule has 28 heavy (non-hydrogen) atoms. The van der Waals surface area contributed by atoms with Crippen LogP contribution in [0, 0.1) is 0 Å². The van der Waals surface area contributed by atoms with E-state index in [9.17, 15) is 0 Å². The number of H-pyrrole nitrogens is 1. The number of nitrogens with one attached hydrogen (secondary N) is 1. The van der Waals surface area contributed by atoms with E-state index >= 15 is 0 Å². The molecule has 0 radical (unpaired) electrons. The van der Waals surface area contributed by atoms with Crippen molar-refractivity contribution in [1.82, 2.24) is 39.9 Å². The molecule has 0 bridgehead atoms. The zero-order valence-electron chi connectivity index (χ0n) is 15.2. The monoisotopic (exact) mass is 391 g/mol. The minimum atomic E-state index is -0.149. The molecule has 1 N–H and O–H groups in total. The molecule has 0 amide bonds. The van der Waals surface area contributed by atoms with Gasteiger partial charge < -0.3 is 4.90 Å². The SMILES string of the molecule is CCC12CCCN1c1nc(-c3cn[nH]c3-c3nccs3)ncc1-n1cnnc12. The predicted molar refractivity (Wildman–Crippen MR) is 104 cm³/mol. The third-order valence-electron chi connectivity index (χ3n) is 5.83. The van der Waals surface area contributed by atoms with Crippen molar-refractivity contribution in [3.8, 4) is 27.8 Å². The van der Waals surface area contributed by atoms with Crippen LogP contribution in [0.3, 0.4) is 0 Å². The van der Waals surface area contributed by atoms with E-state index in [1.807, 2.05) is 16.1 Å². The van der Waals surface area contributed by atoms with Crippen LogP contribution in [-0.2, 0) is 5.54 Å². The summed E-state index contributed by atoms with van der Waals surface area (Å²) in [6.45, 7) is 3.16. The Labute approximate surface area is 164 Å². The second-order valence-electron chi connectivity index (χ2n) is 7.06. The van der Waals surface area contributed by atoms with Crippen LogP contribution in [0.5, 0.6) is 0 Å². The summed E-state index contributed by atoms with van der Waals surface area (Å²) < 4.78 is 2.04. The minimum absolute atomic E-state index is 0.149. The van der Waals surface area contributed by atoms with Gasteiger partial charge in [-0.25, -0.2) is 15.0 Å². The summed E-state index contributed by atoms with van der Waals surface area (Å²) in [5, 5.41) is 18.7. The summed E-state index contributed by atoms with van der Waals surface area (Å²) in [5.41, 5.74) is 2.48. The molecule has 0 spiro atoms. The van der Waals surface area contributed by atoms with Gasteiger partial charge in [0, 0.05) is 18.1 Å². The molecule has 0 aromatic carbocycles. The van der Waals surface area contributed by atoms with Crippen molar-refractivity contribution in [2.75, 3.05) is 11.4 Å². The lowest BCUT2D eigenvalue weighted by atomic mass is 9.90. The highest BCUT2D eigenvalue weighted by molar-refractivity contribution is 7.13. The van der Waals surface area contributed by atoms with E-state index in [-0.39, 0.29) is 5.54 Å². The fraction of sp³-hybridized carbons (Fsp3) is 0.333. The maximum atomic E-state index is 5.00. The molecule has 2 aliphatic heterocycles. The molecule has 1 atom stereocenters. The van der Waals surface area contributed by atoms with E-state index in [1.165, 1.54) is 0 Å². The van der Waals surface area contributed by atoms with Crippen LogP contribution in [0.25, 0.3) is 27.8 Å². The number of hydrogen-bond acceptors (Lipinski definition) is 8. The fourth-order valence-corrected chi connectivity index (χ4v) is 5.15. The van der Waals surface area contributed by atoms with E-state index in [0.717, 1.165) is 59.4 Å². The van der Waals surface area contributed by atoms with Crippen molar-refractivity contribution >= 4 is 17.2 Å². The van der Waals surface area contributed by atoms with Crippen LogP contribution < -0.4 is 4.90 Å². The smallest absolute Gasteiger partial charge is 0.165 e. The van der Waals surface area contributed by atoms with Crippen molar-refractivity contribution in [1.29, 1.82) is 0 Å². The molecule has 0 aliphatic carbocycles. The summed E-state index contributed by atoms with van der Waals surface area (Å²) in [6.07, 6.45) is 10.3. The van der Waals surface area contributed by atoms with E-state index in [1.54, 1.807) is 30.1 Å². The summed E-state index contributed by atoms with van der Waals surface area (Å²) in [5.74, 6) is 2.57. The van der Waals surface area contributed by atoms with Gasteiger partial charge in [0.1, 0.15) is 28.3 Å². The Morgan fingerprint density at radius 2 is 2.25 bits per heavy atom. The van der Waals surface area contributed by atoms with Crippen molar-refractivity contribution in [3.05, 3.63) is 36.1 Å². The van der Waals surface area contributed by atoms with Crippen LogP contribution in [0.15, 0.2) is 30.3 Å². The second-order valence-corrected chi connectivity index (χ2v) is 7.96. The lowest BCUT2D eigenvalue weighted by Crippen LogP contribution is -2.46. The van der Waals surface area contributed by atoms with Gasteiger partial charge in [-0.1, -0.05) is 6.92 Å². The Morgan fingerprint density at radius 1 is 1.29 bits per heavy atom. The van der Waals surface area contributed by atoms with E-state index < -0.39 is 0 Å². The maximum Gasteiger partial charge on any atom is 0.165 e. The fourth-order valence-electron chi connectivity index (χ4n) is 4.50.